The van der Waals surface area contributed by atoms with Gasteiger partial charge in [0.15, 0.2) is 25.2 Å². The number of Topliss-reactive ketones (excluding diaryl/α,β-unsaturated/α-hetero) is 4. The van der Waals surface area contributed by atoms with E-state index in [0.29, 0.717) is 12.8 Å². The van der Waals surface area contributed by atoms with Crippen LogP contribution in [-0.4, -0.2) is 358 Å². The Morgan fingerprint density at radius 3 is 1.06 bits per heavy atom. The molecule has 30 N–H and O–H groups in total. The van der Waals surface area contributed by atoms with Crippen molar-refractivity contribution in [2.45, 2.75) is 317 Å². The summed E-state index contributed by atoms with van der Waals surface area (Å²) in [5.74, 6) is -16.3. The summed E-state index contributed by atoms with van der Waals surface area (Å²) in [5.41, 5.74) is 33.4. The summed E-state index contributed by atoms with van der Waals surface area (Å²) in [6, 6.07) is -18.6. The number of unbranched alkanes of at least 4 members (excludes halogenated alkanes) is 2. The monoisotopic (exact) mass is 1740 g/mol. The fourth-order valence-corrected chi connectivity index (χ4v) is 13.4. The summed E-state index contributed by atoms with van der Waals surface area (Å²) in [5, 5.41) is 114. The summed E-state index contributed by atoms with van der Waals surface area (Å²) in [6.45, 7) is 6.58. The Morgan fingerprint density at radius 1 is 0.364 bits per heavy atom. The van der Waals surface area contributed by atoms with Gasteiger partial charge in [0, 0.05) is 40.5 Å². The summed E-state index contributed by atoms with van der Waals surface area (Å²) in [4.78, 5) is 213. The van der Waals surface area contributed by atoms with Gasteiger partial charge in [0.2, 0.25) is 94.0 Å². The van der Waals surface area contributed by atoms with Gasteiger partial charge in [-0.15, -0.1) is 0 Å². The number of nitrogens with one attached hydrogen (secondary N) is 10. The smallest absolute Gasteiger partial charge is 0.243 e. The van der Waals surface area contributed by atoms with Crippen LogP contribution in [0.5, 0.6) is 0 Å². The van der Waals surface area contributed by atoms with Gasteiger partial charge in [0.05, 0.1) is 50.6 Å². The van der Waals surface area contributed by atoms with E-state index < -0.39 is 316 Å². The zero-order valence-electron chi connectivity index (χ0n) is 68.9. The van der Waals surface area contributed by atoms with E-state index in [-0.39, 0.29) is 51.6 Å². The van der Waals surface area contributed by atoms with Gasteiger partial charge in [-0.05, 0) is 106 Å². The fourth-order valence-electron chi connectivity index (χ4n) is 13.4. The Bertz CT molecular complexity index is 3540. The van der Waals surface area contributed by atoms with Crippen molar-refractivity contribution in [3.63, 3.8) is 0 Å². The molecule has 0 radical (unpaired) electrons. The molecule has 4 rings (SSSR count). The van der Waals surface area contributed by atoms with E-state index >= 15 is 0 Å². The predicted molar refractivity (Wildman–Crippen MR) is 410 cm³/mol. The first-order valence-corrected chi connectivity index (χ1v) is 39.4. The van der Waals surface area contributed by atoms with Crippen LogP contribution in [0.15, 0.2) is 0 Å². The molecule has 0 saturated carbocycles. The molecule has 0 aliphatic carbocycles. The van der Waals surface area contributed by atoms with Crippen molar-refractivity contribution in [2.24, 2.45) is 34.4 Å². The van der Waals surface area contributed by atoms with Crippen molar-refractivity contribution in [1.29, 1.82) is 0 Å². The normalized spacial score (nSPS) is 29.1. The number of ether oxygens (including phenoxy) is 9. The van der Waals surface area contributed by atoms with Crippen LogP contribution in [0.3, 0.4) is 0 Å². The lowest BCUT2D eigenvalue weighted by Gasteiger charge is -2.52. The third kappa shape index (κ3) is 31.0. The number of ketones is 4. The highest BCUT2D eigenvalue weighted by molar-refractivity contribution is 6.41. The molecule has 30 atom stereocenters. The molecule has 4 aliphatic rings. The number of carbonyl (C=O) groups excluding carboxylic acids is 16. The number of primary amides is 2. The molecule has 688 valence electrons. The van der Waals surface area contributed by atoms with Crippen molar-refractivity contribution in [3.05, 3.63) is 0 Å². The first-order valence-electron chi connectivity index (χ1n) is 39.4. The molecule has 49 nitrogen and oxygen atoms in total. The molecule has 4 aliphatic heterocycles. The van der Waals surface area contributed by atoms with E-state index in [1.807, 2.05) is 0 Å². The average Bonchev–Trinajstić information content (AvgIpc) is 0.784. The maximum atomic E-state index is 14.6. The Labute approximate surface area is 695 Å². The second-order valence-corrected chi connectivity index (χ2v) is 29.9. The molecular formula is C72H122N16O33. The fraction of sp³-hybridized carbons (Fsp3) is 0.778. The third-order valence-electron chi connectivity index (χ3n) is 19.9. The maximum Gasteiger partial charge on any atom is 0.243 e. The van der Waals surface area contributed by atoms with Crippen LogP contribution in [0.1, 0.15) is 133 Å². The van der Waals surface area contributed by atoms with Gasteiger partial charge in [0.25, 0.3) is 0 Å². The Morgan fingerprint density at radius 2 is 0.694 bits per heavy atom. The van der Waals surface area contributed by atoms with Gasteiger partial charge in [-0.2, -0.15) is 0 Å². The number of hydrogen-bond acceptors (Lipinski definition) is 37. The van der Waals surface area contributed by atoms with Crippen LogP contribution in [0, 0.1) is 0 Å². The quantitative estimate of drug-likeness (QED) is 0.0199. The van der Waals surface area contributed by atoms with Crippen molar-refractivity contribution in [3.8, 4) is 0 Å². The first-order chi connectivity index (χ1) is 56.8. The second-order valence-electron chi connectivity index (χ2n) is 29.9. The van der Waals surface area contributed by atoms with Gasteiger partial charge in [-0.25, -0.2) is 0 Å². The summed E-state index contributed by atoms with van der Waals surface area (Å²) in [6.07, 6.45) is -36.7. The molecular weight excluding hydrogens is 1620 g/mol. The highest BCUT2D eigenvalue weighted by atomic mass is 16.8. The van der Waals surface area contributed by atoms with Crippen molar-refractivity contribution >= 4 is 94.0 Å². The van der Waals surface area contributed by atoms with Crippen LogP contribution in [-0.2, 0) is 119 Å². The van der Waals surface area contributed by atoms with Crippen molar-refractivity contribution in [2.75, 3.05) is 39.5 Å². The van der Waals surface area contributed by atoms with Crippen LogP contribution in [0.2, 0.25) is 0 Å². The summed E-state index contributed by atoms with van der Waals surface area (Å²) in [7, 11) is 0. The Hall–Kier alpha value is -8.52. The lowest BCUT2D eigenvalue weighted by Crippen LogP contribution is -2.72. The van der Waals surface area contributed by atoms with E-state index in [0.717, 1.165) is 55.4 Å². The molecule has 49 heteroatoms. The topological polar surface area (TPSA) is 794 Å². The van der Waals surface area contributed by atoms with Gasteiger partial charge < -0.3 is 171 Å². The predicted octanol–water partition coefficient (Wildman–Crippen LogP) is -13.6. The molecule has 4 saturated heterocycles. The molecule has 0 aromatic rings. The lowest BCUT2D eigenvalue weighted by atomic mass is 9.92. The minimum Gasteiger partial charge on any atom is -0.394 e. The standard InChI is InChI=1S/C72H122N16O33/c1-27(75)65(108)87-37(63(77)106)17-19-45(97)85-39(15-11-13-21-73)67(110)79-29(3)51(99)53(101)31(5)113-61-49(83-35(9)95)69(112)115-43(25-91)59(61)120-71-48(82-34(8)94)57(105)58(42(24-90)117-71)119-72-50(84-36(10)96)62(60(44(26-92)118-72)121-70-47(81-33(7)93)56(104)55(103)41(23-89)116-70)114-32(6)54(102)52(100)30(4)80-68(111)40(16-12-14-22-74)86-46(98)20-18-38(64(78)107)88-66(109)28(2)76/h27-32,37-44,47-50,55-62,69-72,89-92,103-105,112H,11-26,73-76H2,1-10H3,(H2,77,106)(H2,78,107)(H,79,110)(H,80,111)(H,81,93)(H,82,94)(H,83,95)(H,84,96)(H,85,97)(H,86,98)(H,87,108)(H,88,109)/t27-,28-,29+,30+,31?,32?,37+,38+,39-,40-,41+,42+,43+,44+,47+,48+,49+,50+,55+,56+,57+,58+,59+,60+,61+,62+,69?,70-,71-,72-/m0/s1. The summed E-state index contributed by atoms with van der Waals surface area (Å²) >= 11 is 0. The van der Waals surface area contributed by atoms with Crippen LogP contribution < -0.4 is 87.6 Å². The van der Waals surface area contributed by atoms with Crippen molar-refractivity contribution < 1.29 is 160 Å². The van der Waals surface area contributed by atoms with Gasteiger partial charge in [-0.1, -0.05) is 0 Å². The van der Waals surface area contributed by atoms with Gasteiger partial charge in [0.1, 0.15) is 134 Å². The van der Waals surface area contributed by atoms with Gasteiger partial charge >= 0.3 is 0 Å². The third-order valence-corrected chi connectivity index (χ3v) is 19.9. The molecule has 0 bridgehead atoms. The number of amides is 12. The minimum absolute atomic E-state index is 0.0589. The van der Waals surface area contributed by atoms with Crippen molar-refractivity contribution in [1.82, 2.24) is 53.2 Å². The number of aliphatic hydroxyl groups is 8. The molecule has 4 heterocycles. The number of nitrogens with two attached hydrogens (primary N) is 6. The lowest BCUT2D eigenvalue weighted by molar-refractivity contribution is -0.365. The molecule has 12 amide bonds. The number of carbonyl (C=O) groups is 16. The number of rotatable bonds is 50. The van der Waals surface area contributed by atoms with Crippen LogP contribution >= 0.6 is 0 Å². The van der Waals surface area contributed by atoms with E-state index in [2.05, 4.69) is 53.2 Å². The maximum absolute atomic E-state index is 14.6. The van der Waals surface area contributed by atoms with Gasteiger partial charge in [-0.3, -0.25) is 76.7 Å². The SMILES string of the molecule is CC(=O)N[C@H]1[C@H](O[C@H]2[C@H](OC(C)C(=O)C(=O)[C@@H](C)NC(=O)[C@H](CCCCN)NC(=O)CC[C@@H](NC(=O)[C@H](C)N)C(N)=O)[C@@H](NC(C)=O)C(O)O[C@@H]2CO)O[C@H](CO)[C@@H](O[C@@H]2O[C@H](CO)[C@@H](O[C@@H]3O[C@H](CO)[C@@H](O)[C@H](O)[C@H]3NC(C)=O)[C@H](OC(C)C(=O)C(=O)[C@@H](C)NC(=O)[C@H](CCCCN)NC(=O)CC[C@@H](NC(=O)[C@H](C)N)C(N)=O)[C@H]2NC(C)=O)[C@@H]1O. The minimum atomic E-state index is -2.28. The molecule has 0 aromatic carbocycles. The van der Waals surface area contributed by atoms with Crippen LogP contribution in [0.4, 0.5) is 0 Å². The van der Waals surface area contributed by atoms with Crippen LogP contribution in [0.25, 0.3) is 0 Å². The largest absolute Gasteiger partial charge is 0.394 e. The zero-order valence-corrected chi connectivity index (χ0v) is 68.9. The molecule has 0 spiro atoms. The number of aliphatic hydroxyl groups excluding tert-OH is 8. The summed E-state index contributed by atoms with van der Waals surface area (Å²) < 4.78 is 55.8. The molecule has 0 aromatic heterocycles. The Balaban J connectivity index is 1.76. The van der Waals surface area contributed by atoms with E-state index in [1.54, 1.807) is 0 Å². The molecule has 4 fully saturated rings. The zero-order chi connectivity index (χ0) is 91.3. The van der Waals surface area contributed by atoms with E-state index in [4.69, 9.17) is 77.0 Å². The Kier molecular flexibility index (Phi) is 43.6. The molecule has 3 unspecified atom stereocenters. The second kappa shape index (κ2) is 50.3. The average molecular weight is 1740 g/mol. The van der Waals surface area contributed by atoms with E-state index in [9.17, 15) is 118 Å². The highest BCUT2D eigenvalue weighted by Crippen LogP contribution is 2.37. The number of hydrogen-bond donors (Lipinski definition) is 24. The first kappa shape index (κ1) is 105. The molecule has 121 heavy (non-hydrogen) atoms. The van der Waals surface area contributed by atoms with E-state index in [1.165, 1.54) is 13.8 Å². The highest BCUT2D eigenvalue weighted by Gasteiger charge is 2.58.